The van der Waals surface area contributed by atoms with E-state index >= 15 is 0 Å². The standard InChI is InChI=1S/C16H19N3O6/c1-25-9-5-3-2-4-7(9)18-15(24)19-8-6-16(17,14(22)23)12-10(8)11(12)13(20)21/h2-5,8,10-12H,6,17H2,1H3,(H,20,21)(H,22,23)(H2,18,19,24). The highest BCUT2D eigenvalue weighted by Crippen LogP contribution is 2.61. The average molecular weight is 349 g/mol. The Morgan fingerprint density at radius 1 is 1.28 bits per heavy atom. The SMILES string of the molecule is COc1ccccc1NC(=O)NC1CC(N)(C(=O)O)C2C(C(=O)O)C12. The van der Waals surface area contributed by atoms with Crippen LogP contribution in [0, 0.1) is 17.8 Å². The number of aliphatic carboxylic acids is 2. The van der Waals surface area contributed by atoms with Gasteiger partial charge in [0.25, 0.3) is 0 Å². The average Bonchev–Trinajstić information content (AvgIpc) is 3.24. The number of ether oxygens (including phenoxy) is 1. The third kappa shape index (κ3) is 2.76. The molecule has 2 saturated carbocycles. The number of amides is 2. The largest absolute Gasteiger partial charge is 0.495 e. The Balaban J connectivity index is 1.71. The zero-order valence-electron chi connectivity index (χ0n) is 13.4. The molecule has 2 aliphatic rings. The number of hydrogen-bond donors (Lipinski definition) is 5. The second kappa shape index (κ2) is 5.92. The van der Waals surface area contributed by atoms with Gasteiger partial charge in [-0.1, -0.05) is 12.1 Å². The van der Waals surface area contributed by atoms with Gasteiger partial charge in [0.2, 0.25) is 0 Å². The van der Waals surface area contributed by atoms with Crippen molar-refractivity contribution in [2.24, 2.45) is 23.5 Å². The Morgan fingerprint density at radius 2 is 1.96 bits per heavy atom. The van der Waals surface area contributed by atoms with Crippen molar-refractivity contribution in [2.45, 2.75) is 18.0 Å². The Bertz CT molecular complexity index is 738. The van der Waals surface area contributed by atoms with E-state index in [1.54, 1.807) is 24.3 Å². The van der Waals surface area contributed by atoms with E-state index in [0.717, 1.165) is 0 Å². The minimum absolute atomic E-state index is 0.0131. The first-order valence-electron chi connectivity index (χ1n) is 7.75. The molecule has 5 atom stereocenters. The van der Waals surface area contributed by atoms with Gasteiger partial charge in [-0.25, -0.2) is 4.79 Å². The van der Waals surface area contributed by atoms with Crippen LogP contribution in [0.25, 0.3) is 0 Å². The van der Waals surface area contributed by atoms with Gasteiger partial charge in [-0.05, 0) is 24.5 Å². The number of methoxy groups -OCH3 is 1. The molecule has 0 radical (unpaired) electrons. The van der Waals surface area contributed by atoms with Gasteiger partial charge >= 0.3 is 18.0 Å². The van der Waals surface area contributed by atoms with Crippen LogP contribution in [0.15, 0.2) is 24.3 Å². The lowest BCUT2D eigenvalue weighted by atomic mass is 9.90. The van der Waals surface area contributed by atoms with Gasteiger partial charge in [-0.3, -0.25) is 9.59 Å². The first-order chi connectivity index (χ1) is 11.8. The molecule has 0 spiro atoms. The van der Waals surface area contributed by atoms with E-state index < -0.39 is 47.3 Å². The number of urea groups is 1. The number of carboxylic acids is 2. The van der Waals surface area contributed by atoms with Crippen LogP contribution in [-0.2, 0) is 9.59 Å². The van der Waals surface area contributed by atoms with Gasteiger partial charge in [-0.2, -0.15) is 0 Å². The second-order valence-electron chi connectivity index (χ2n) is 6.42. The number of rotatable bonds is 5. The highest BCUT2D eigenvalue weighted by molar-refractivity contribution is 5.92. The summed E-state index contributed by atoms with van der Waals surface area (Å²) in [7, 11) is 1.47. The minimum atomic E-state index is -1.64. The summed E-state index contributed by atoms with van der Waals surface area (Å²) in [6, 6.07) is 5.61. The molecule has 9 heteroatoms. The lowest BCUT2D eigenvalue weighted by Gasteiger charge is -2.25. The molecule has 2 amide bonds. The smallest absolute Gasteiger partial charge is 0.324 e. The van der Waals surface area contributed by atoms with E-state index in [1.165, 1.54) is 7.11 Å². The molecule has 25 heavy (non-hydrogen) atoms. The van der Waals surface area contributed by atoms with Crippen LogP contribution in [0.5, 0.6) is 5.75 Å². The van der Waals surface area contributed by atoms with Crippen molar-refractivity contribution in [1.29, 1.82) is 0 Å². The summed E-state index contributed by atoms with van der Waals surface area (Å²) in [5, 5.41) is 23.9. The highest BCUT2D eigenvalue weighted by atomic mass is 16.5. The van der Waals surface area contributed by atoms with Crippen molar-refractivity contribution in [2.75, 3.05) is 12.4 Å². The van der Waals surface area contributed by atoms with Crippen molar-refractivity contribution in [3.05, 3.63) is 24.3 Å². The molecule has 134 valence electrons. The summed E-state index contributed by atoms with van der Waals surface area (Å²) in [5.74, 6) is -3.90. The number of hydrogen-bond acceptors (Lipinski definition) is 5. The van der Waals surface area contributed by atoms with E-state index in [9.17, 15) is 24.6 Å². The molecule has 2 fully saturated rings. The van der Waals surface area contributed by atoms with Crippen LogP contribution in [0.4, 0.5) is 10.5 Å². The van der Waals surface area contributed by atoms with Gasteiger partial charge in [0.1, 0.15) is 11.3 Å². The Morgan fingerprint density at radius 3 is 2.56 bits per heavy atom. The number of nitrogens with two attached hydrogens (primary N) is 1. The van der Waals surface area contributed by atoms with Crippen LogP contribution in [-0.4, -0.2) is 46.9 Å². The van der Waals surface area contributed by atoms with Crippen LogP contribution in [0.2, 0.25) is 0 Å². The molecule has 6 N–H and O–H groups in total. The summed E-state index contributed by atoms with van der Waals surface area (Å²) >= 11 is 0. The fraction of sp³-hybridized carbons (Fsp3) is 0.438. The summed E-state index contributed by atoms with van der Waals surface area (Å²) in [5.41, 5.74) is 4.73. The van der Waals surface area contributed by atoms with E-state index in [0.29, 0.717) is 11.4 Å². The number of fused-ring (bicyclic) bond motifs is 1. The molecule has 0 aliphatic heterocycles. The summed E-state index contributed by atoms with van der Waals surface area (Å²) in [6.07, 6.45) is -0.0131. The topological polar surface area (TPSA) is 151 Å². The van der Waals surface area contributed by atoms with Crippen molar-refractivity contribution in [3.8, 4) is 5.75 Å². The zero-order valence-corrected chi connectivity index (χ0v) is 13.4. The third-order valence-electron chi connectivity index (χ3n) is 5.05. The molecule has 1 aromatic carbocycles. The molecular weight excluding hydrogens is 330 g/mol. The predicted molar refractivity (Wildman–Crippen MR) is 86.2 cm³/mol. The predicted octanol–water partition coefficient (Wildman–Crippen LogP) is 0.318. The van der Waals surface area contributed by atoms with Crippen molar-refractivity contribution < 1.29 is 29.3 Å². The third-order valence-corrected chi connectivity index (χ3v) is 5.05. The minimum Gasteiger partial charge on any atom is -0.495 e. The maximum Gasteiger partial charge on any atom is 0.324 e. The molecule has 9 nitrogen and oxygen atoms in total. The number of carboxylic acid groups (broad SMARTS) is 2. The zero-order chi connectivity index (χ0) is 18.4. The second-order valence-corrected chi connectivity index (χ2v) is 6.42. The molecule has 2 aliphatic carbocycles. The van der Waals surface area contributed by atoms with Crippen molar-refractivity contribution in [1.82, 2.24) is 5.32 Å². The van der Waals surface area contributed by atoms with Gasteiger partial charge < -0.3 is 31.3 Å². The molecule has 5 unspecified atom stereocenters. The maximum absolute atomic E-state index is 12.2. The number of carbonyl (C=O) groups is 3. The van der Waals surface area contributed by atoms with Crippen LogP contribution >= 0.6 is 0 Å². The Hall–Kier alpha value is -2.81. The van der Waals surface area contributed by atoms with Gasteiger partial charge in [0.05, 0.1) is 18.7 Å². The lowest BCUT2D eigenvalue weighted by molar-refractivity contribution is -0.145. The van der Waals surface area contributed by atoms with Gasteiger partial charge in [0.15, 0.2) is 0 Å². The molecule has 0 heterocycles. The summed E-state index contributed by atoms with van der Waals surface area (Å²) in [6.45, 7) is 0. The number of benzene rings is 1. The summed E-state index contributed by atoms with van der Waals surface area (Å²) < 4.78 is 5.14. The number of nitrogens with one attached hydrogen (secondary N) is 2. The molecular formula is C16H19N3O6. The normalized spacial score (nSPS) is 32.4. The van der Waals surface area contributed by atoms with E-state index in [1.807, 2.05) is 0 Å². The number of anilines is 1. The molecule has 1 aromatic rings. The Labute approximate surface area is 143 Å². The Kier molecular flexibility index (Phi) is 4.03. The van der Waals surface area contributed by atoms with Gasteiger partial charge in [0, 0.05) is 12.0 Å². The fourth-order valence-electron chi connectivity index (χ4n) is 3.91. The number of carbonyl (C=O) groups excluding carboxylic acids is 1. The molecule has 0 bridgehead atoms. The first kappa shape index (κ1) is 17.0. The van der Waals surface area contributed by atoms with Crippen molar-refractivity contribution >= 4 is 23.7 Å². The fourth-order valence-corrected chi connectivity index (χ4v) is 3.91. The van der Waals surface area contributed by atoms with Crippen LogP contribution in [0.3, 0.4) is 0 Å². The van der Waals surface area contributed by atoms with E-state index in [-0.39, 0.29) is 6.42 Å². The van der Waals surface area contributed by atoms with E-state index in [4.69, 9.17) is 10.5 Å². The molecule has 0 aromatic heterocycles. The van der Waals surface area contributed by atoms with Crippen LogP contribution in [0.1, 0.15) is 6.42 Å². The van der Waals surface area contributed by atoms with Gasteiger partial charge in [-0.15, -0.1) is 0 Å². The maximum atomic E-state index is 12.2. The quantitative estimate of drug-likeness (QED) is 0.513. The van der Waals surface area contributed by atoms with Crippen molar-refractivity contribution in [3.63, 3.8) is 0 Å². The molecule has 0 saturated heterocycles. The van der Waals surface area contributed by atoms with E-state index in [2.05, 4.69) is 10.6 Å². The summed E-state index contributed by atoms with van der Waals surface area (Å²) in [4.78, 5) is 35.0. The van der Waals surface area contributed by atoms with Crippen LogP contribution < -0.4 is 21.1 Å². The molecule has 3 rings (SSSR count). The number of para-hydroxylation sites is 2. The first-order valence-corrected chi connectivity index (χ1v) is 7.75. The monoisotopic (exact) mass is 349 g/mol. The lowest BCUT2D eigenvalue weighted by Crippen LogP contribution is -2.52. The highest BCUT2D eigenvalue weighted by Gasteiger charge is 2.74.